The van der Waals surface area contributed by atoms with Crippen LogP contribution in [0.4, 0.5) is 5.82 Å². The molecule has 0 saturated carbocycles. The lowest BCUT2D eigenvalue weighted by Gasteiger charge is -2.35. The van der Waals surface area contributed by atoms with Gasteiger partial charge in [-0.2, -0.15) is 5.26 Å². The van der Waals surface area contributed by atoms with Crippen molar-refractivity contribution in [2.45, 2.75) is 101 Å². The van der Waals surface area contributed by atoms with Crippen molar-refractivity contribution in [2.24, 2.45) is 5.92 Å². The highest BCUT2D eigenvalue weighted by Gasteiger charge is 2.23. The molecule has 0 amide bonds. The Bertz CT molecular complexity index is 1030. The fourth-order valence-electron chi connectivity index (χ4n) is 4.98. The Morgan fingerprint density at radius 2 is 1.67 bits per heavy atom. The fourth-order valence-corrected chi connectivity index (χ4v) is 4.98. The van der Waals surface area contributed by atoms with Crippen LogP contribution in [0.2, 0.25) is 0 Å². The van der Waals surface area contributed by atoms with Crippen molar-refractivity contribution in [3.05, 3.63) is 59.1 Å². The Hall–Kier alpha value is -2.75. The number of allylic oxidation sites excluding steroid dienone is 8. The van der Waals surface area contributed by atoms with Crippen LogP contribution >= 0.6 is 0 Å². The summed E-state index contributed by atoms with van der Waals surface area (Å²) in [5.74, 6) is 1.65. The predicted molar refractivity (Wildman–Crippen MR) is 189 cm³/mol. The molecule has 0 radical (unpaired) electrons. The molecule has 1 saturated heterocycles. The van der Waals surface area contributed by atoms with Gasteiger partial charge in [-0.25, -0.2) is 9.97 Å². The normalized spacial score (nSPS) is 15.5. The third-order valence-corrected chi connectivity index (χ3v) is 7.60. The highest BCUT2D eigenvalue weighted by molar-refractivity contribution is 5.77. The van der Waals surface area contributed by atoms with E-state index in [-0.39, 0.29) is 0 Å². The number of hydrogen-bond donors (Lipinski definition) is 0. The van der Waals surface area contributed by atoms with Gasteiger partial charge in [0.2, 0.25) is 0 Å². The van der Waals surface area contributed by atoms with E-state index in [2.05, 4.69) is 113 Å². The van der Waals surface area contributed by atoms with E-state index in [1.165, 1.54) is 42.6 Å². The standard InChI is InChI=1S/C17H28N4.C13H19N.C7H17N/c1-6-13(3)15(7-2)16-14(4)18-12-19-17(16)21-10-8-20(5)9-11-21;1-4-6-7-9-13(11-14)10-12(3)8-5-2;1-4-6-8(3)7-5-2/h7,12-13H,6,8-11H2,1-5H3;6-7,9-10H,4-5,8H2,1-3H3;4-7H2,1-3H3/b15-7-;7-6+,12-10+,13-9+;. The molecular weight excluding hydrogens is 528 g/mol. The van der Waals surface area contributed by atoms with Gasteiger partial charge in [-0.3, -0.25) is 0 Å². The van der Waals surface area contributed by atoms with Crippen molar-refractivity contribution in [2.75, 3.05) is 58.3 Å². The number of hydrogen-bond acceptors (Lipinski definition) is 6. The number of nitrogens with zero attached hydrogens (tertiary/aromatic N) is 6. The van der Waals surface area contributed by atoms with Crippen molar-refractivity contribution in [3.63, 3.8) is 0 Å². The van der Waals surface area contributed by atoms with Gasteiger partial charge in [0.05, 0.1) is 17.3 Å². The summed E-state index contributed by atoms with van der Waals surface area (Å²) in [7, 11) is 4.35. The Morgan fingerprint density at radius 1 is 1.05 bits per heavy atom. The van der Waals surface area contributed by atoms with E-state index in [1.807, 2.05) is 24.3 Å². The van der Waals surface area contributed by atoms with Crippen LogP contribution in [0, 0.1) is 24.2 Å². The monoisotopic (exact) mass is 593 g/mol. The zero-order chi connectivity index (χ0) is 32.6. The summed E-state index contributed by atoms with van der Waals surface area (Å²) < 4.78 is 0. The van der Waals surface area contributed by atoms with E-state index in [9.17, 15) is 0 Å². The molecule has 0 aromatic carbocycles. The molecule has 0 bridgehead atoms. The minimum atomic E-state index is 0.533. The maximum atomic E-state index is 8.85. The third-order valence-electron chi connectivity index (χ3n) is 7.60. The Kier molecular flexibility index (Phi) is 23.1. The van der Waals surface area contributed by atoms with Crippen LogP contribution in [0.25, 0.3) is 5.57 Å². The number of aromatic nitrogens is 2. The van der Waals surface area contributed by atoms with E-state index in [0.29, 0.717) is 5.92 Å². The SMILES string of the molecule is C/C=C(\c1c(C)ncnc1N1CCN(C)CC1)C(C)CC.CC/C=C/C=C(C#N)\C=C(/C)CCC.CCCN(C)CCC. The molecule has 1 unspecified atom stereocenters. The summed E-state index contributed by atoms with van der Waals surface area (Å²) in [6.07, 6.45) is 18.6. The Labute approximate surface area is 266 Å². The molecule has 242 valence electrons. The summed E-state index contributed by atoms with van der Waals surface area (Å²) in [4.78, 5) is 16.2. The highest BCUT2D eigenvalue weighted by atomic mass is 15.3. The first kappa shape index (κ1) is 40.2. The summed E-state index contributed by atoms with van der Waals surface area (Å²) in [5, 5.41) is 8.85. The molecule has 1 aromatic heterocycles. The first-order valence-corrected chi connectivity index (χ1v) is 16.7. The fraction of sp³-hybridized carbons (Fsp3) is 0.649. The van der Waals surface area contributed by atoms with Gasteiger partial charge in [0.25, 0.3) is 0 Å². The smallest absolute Gasteiger partial charge is 0.139 e. The number of nitriles is 1. The Balaban J connectivity index is 0.000000692. The lowest BCUT2D eigenvalue weighted by Crippen LogP contribution is -2.45. The molecule has 1 aliphatic rings. The molecular formula is C37H64N6. The molecule has 1 aliphatic heterocycles. The number of anilines is 1. The molecule has 1 fully saturated rings. The van der Waals surface area contributed by atoms with Gasteiger partial charge < -0.3 is 14.7 Å². The molecule has 2 heterocycles. The van der Waals surface area contributed by atoms with Crippen molar-refractivity contribution in [1.82, 2.24) is 19.8 Å². The average Bonchev–Trinajstić information content (AvgIpc) is 2.99. The molecule has 0 spiro atoms. The zero-order valence-corrected chi connectivity index (χ0v) is 29.7. The van der Waals surface area contributed by atoms with Crippen molar-refractivity contribution in [3.8, 4) is 6.07 Å². The largest absolute Gasteiger partial charge is 0.353 e. The number of piperazine rings is 1. The third kappa shape index (κ3) is 16.6. The van der Waals surface area contributed by atoms with Crippen molar-refractivity contribution in [1.29, 1.82) is 5.26 Å². The van der Waals surface area contributed by atoms with Crippen LogP contribution in [-0.4, -0.2) is 73.1 Å². The van der Waals surface area contributed by atoms with Crippen LogP contribution in [0.1, 0.15) is 105 Å². The number of aryl methyl sites for hydroxylation is 1. The number of likely N-dealkylation sites (N-methyl/N-ethyl adjacent to an activating group) is 1. The van der Waals surface area contributed by atoms with Gasteiger partial charge in [0.15, 0.2) is 0 Å². The molecule has 43 heavy (non-hydrogen) atoms. The minimum absolute atomic E-state index is 0.533. The van der Waals surface area contributed by atoms with Gasteiger partial charge in [-0.15, -0.1) is 0 Å². The predicted octanol–water partition coefficient (Wildman–Crippen LogP) is 8.87. The van der Waals surface area contributed by atoms with Crippen LogP contribution < -0.4 is 4.90 Å². The lowest BCUT2D eigenvalue weighted by molar-refractivity contribution is 0.312. The average molecular weight is 593 g/mol. The number of rotatable bonds is 13. The van der Waals surface area contributed by atoms with Crippen LogP contribution in [0.3, 0.4) is 0 Å². The molecule has 6 heteroatoms. The minimum Gasteiger partial charge on any atom is -0.353 e. The van der Waals surface area contributed by atoms with E-state index in [4.69, 9.17) is 5.26 Å². The van der Waals surface area contributed by atoms with Crippen LogP contribution in [0.15, 0.2) is 47.9 Å². The summed E-state index contributed by atoms with van der Waals surface area (Å²) in [5.41, 5.74) is 5.72. The molecule has 1 atom stereocenters. The maximum Gasteiger partial charge on any atom is 0.139 e. The molecule has 6 nitrogen and oxygen atoms in total. The zero-order valence-electron chi connectivity index (χ0n) is 29.7. The maximum absolute atomic E-state index is 8.85. The molecule has 1 aromatic rings. The highest BCUT2D eigenvalue weighted by Crippen LogP contribution is 2.33. The second-order valence-electron chi connectivity index (χ2n) is 11.6. The first-order chi connectivity index (χ1) is 20.6. The van der Waals surface area contributed by atoms with Gasteiger partial charge >= 0.3 is 0 Å². The summed E-state index contributed by atoms with van der Waals surface area (Å²) in [6.45, 7) is 26.2. The molecule has 0 N–H and O–H groups in total. The van der Waals surface area contributed by atoms with E-state index < -0.39 is 0 Å². The summed E-state index contributed by atoms with van der Waals surface area (Å²) in [6, 6.07) is 2.18. The van der Waals surface area contributed by atoms with E-state index in [0.717, 1.165) is 68.9 Å². The topological polar surface area (TPSA) is 59.3 Å². The van der Waals surface area contributed by atoms with Gasteiger partial charge in [-0.1, -0.05) is 71.8 Å². The van der Waals surface area contributed by atoms with Crippen LogP contribution in [0.5, 0.6) is 0 Å². The second-order valence-corrected chi connectivity index (χ2v) is 11.6. The van der Waals surface area contributed by atoms with Gasteiger partial charge in [0.1, 0.15) is 12.1 Å². The van der Waals surface area contributed by atoms with E-state index in [1.54, 1.807) is 6.33 Å². The molecule has 2 rings (SSSR count). The second kappa shape index (κ2) is 24.7. The van der Waals surface area contributed by atoms with Gasteiger partial charge in [0, 0.05) is 31.7 Å². The van der Waals surface area contributed by atoms with E-state index >= 15 is 0 Å². The quantitative estimate of drug-likeness (QED) is 0.168. The van der Waals surface area contributed by atoms with Crippen LogP contribution in [-0.2, 0) is 0 Å². The summed E-state index contributed by atoms with van der Waals surface area (Å²) >= 11 is 0. The van der Waals surface area contributed by atoms with Crippen molar-refractivity contribution >= 4 is 11.4 Å². The Morgan fingerprint density at radius 3 is 2.16 bits per heavy atom. The van der Waals surface area contributed by atoms with Gasteiger partial charge in [-0.05, 0) is 104 Å². The molecule has 0 aliphatic carbocycles. The lowest BCUT2D eigenvalue weighted by atomic mass is 9.90. The van der Waals surface area contributed by atoms with Crippen molar-refractivity contribution < 1.29 is 0 Å². The first-order valence-electron chi connectivity index (χ1n) is 16.7.